The van der Waals surface area contributed by atoms with Crippen molar-refractivity contribution in [1.82, 2.24) is 25.6 Å². The molecule has 4 N–H and O–H groups in total. The zero-order chi connectivity index (χ0) is 24.0. The smallest absolute Gasteiger partial charge is 0.291 e. The molecule has 0 radical (unpaired) electrons. The number of likely N-dealkylation sites (N-methyl/N-ethyl adjacent to an activating group) is 1. The van der Waals surface area contributed by atoms with Crippen LogP contribution in [0.1, 0.15) is 22.0 Å². The Hall–Kier alpha value is -4.26. The highest BCUT2D eigenvalue weighted by Gasteiger charge is 2.33. The predicted molar refractivity (Wildman–Crippen MR) is 117 cm³/mol. The van der Waals surface area contributed by atoms with Crippen molar-refractivity contribution in [2.45, 2.75) is 12.5 Å². The number of nitrogens with zero attached hydrogens (tertiary/aromatic N) is 4. The van der Waals surface area contributed by atoms with Crippen molar-refractivity contribution in [2.24, 2.45) is 0 Å². The summed E-state index contributed by atoms with van der Waals surface area (Å²) in [5, 5.41) is 10.5. The number of ether oxygens (including phenoxy) is 1. The van der Waals surface area contributed by atoms with Crippen LogP contribution in [-0.4, -0.2) is 58.9 Å². The molecule has 1 aromatic heterocycles. The van der Waals surface area contributed by atoms with Crippen LogP contribution < -0.4 is 25.8 Å². The molecular formula is C21H20F2N8O3. The number of H-pyrrole nitrogens is 1. The maximum absolute atomic E-state index is 13.9. The van der Waals surface area contributed by atoms with Crippen molar-refractivity contribution in [2.75, 3.05) is 36.5 Å². The maximum atomic E-state index is 13.9. The van der Waals surface area contributed by atoms with Crippen LogP contribution >= 0.6 is 0 Å². The van der Waals surface area contributed by atoms with Gasteiger partial charge in [-0.25, -0.2) is 13.8 Å². The second kappa shape index (κ2) is 8.26. The molecule has 34 heavy (non-hydrogen) atoms. The normalized spacial score (nSPS) is 17.2. The van der Waals surface area contributed by atoms with E-state index in [1.807, 2.05) is 0 Å². The minimum absolute atomic E-state index is 0.0987. The molecule has 1 atom stereocenters. The molecule has 0 spiro atoms. The van der Waals surface area contributed by atoms with E-state index in [0.717, 1.165) is 23.5 Å². The number of benzene rings is 2. The van der Waals surface area contributed by atoms with Gasteiger partial charge in [-0.1, -0.05) is 6.07 Å². The second-order valence-electron chi connectivity index (χ2n) is 7.87. The number of hydrogen-bond donors (Lipinski definition) is 4. The van der Waals surface area contributed by atoms with Crippen molar-refractivity contribution >= 4 is 28.9 Å². The van der Waals surface area contributed by atoms with E-state index in [0.29, 0.717) is 11.4 Å². The van der Waals surface area contributed by atoms with E-state index < -0.39 is 29.5 Å². The standard InChI is InChI=1S/C21H20F2N8O3/c1-30-16-7-13-14(29-31(2)28-13)8-17(16)34-9-15(21(30)33)24-20(32)19-25-18(26-27-19)6-10-11(22)4-3-5-12(10)23/h3-5,7-8,15,28-29H,6,9H2,1-2H3,(H,24,32)(H,25,26,27)/t15-/m0/s1. The van der Waals surface area contributed by atoms with Crippen LogP contribution in [0.2, 0.25) is 0 Å². The Labute approximate surface area is 192 Å². The summed E-state index contributed by atoms with van der Waals surface area (Å²) < 4.78 is 33.6. The number of aromatic amines is 1. The molecule has 13 heteroatoms. The first-order valence-electron chi connectivity index (χ1n) is 10.3. The molecule has 2 aromatic carbocycles. The monoisotopic (exact) mass is 470 g/mol. The van der Waals surface area contributed by atoms with Gasteiger partial charge in [0.1, 0.15) is 35.9 Å². The number of nitrogens with one attached hydrogen (secondary N) is 4. The number of fused-ring (bicyclic) bond motifs is 2. The highest BCUT2D eigenvalue weighted by Crippen LogP contribution is 2.40. The summed E-state index contributed by atoms with van der Waals surface area (Å²) >= 11 is 0. The van der Waals surface area contributed by atoms with Crippen LogP contribution in [0.5, 0.6) is 5.75 Å². The number of anilines is 3. The third kappa shape index (κ3) is 3.85. The van der Waals surface area contributed by atoms with Crippen molar-refractivity contribution in [1.29, 1.82) is 0 Å². The molecule has 0 bridgehead atoms. The van der Waals surface area contributed by atoms with Crippen molar-refractivity contribution in [3.8, 4) is 5.75 Å². The summed E-state index contributed by atoms with van der Waals surface area (Å²) in [5.74, 6) is -2.27. The summed E-state index contributed by atoms with van der Waals surface area (Å²) in [7, 11) is 3.38. The van der Waals surface area contributed by atoms with Crippen LogP contribution in [-0.2, 0) is 11.2 Å². The molecule has 0 fully saturated rings. The Balaban J connectivity index is 1.29. The lowest BCUT2D eigenvalue weighted by Gasteiger charge is -2.20. The number of hydrazine groups is 2. The van der Waals surface area contributed by atoms with Gasteiger partial charge >= 0.3 is 0 Å². The lowest BCUT2D eigenvalue weighted by Crippen LogP contribution is -2.49. The van der Waals surface area contributed by atoms with Gasteiger partial charge in [-0.05, 0) is 18.2 Å². The topological polar surface area (TPSA) is 128 Å². The molecule has 2 amide bonds. The third-order valence-corrected chi connectivity index (χ3v) is 5.52. The fourth-order valence-electron chi connectivity index (χ4n) is 3.79. The van der Waals surface area contributed by atoms with Gasteiger partial charge in [0.05, 0.1) is 17.1 Å². The zero-order valence-electron chi connectivity index (χ0n) is 18.1. The van der Waals surface area contributed by atoms with Crippen molar-refractivity contribution in [3.63, 3.8) is 0 Å². The summed E-state index contributed by atoms with van der Waals surface area (Å²) in [4.78, 5) is 31.1. The Bertz CT molecular complexity index is 1280. The third-order valence-electron chi connectivity index (χ3n) is 5.52. The maximum Gasteiger partial charge on any atom is 0.291 e. The van der Waals surface area contributed by atoms with Crippen LogP contribution in [0.25, 0.3) is 0 Å². The number of rotatable bonds is 4. The van der Waals surface area contributed by atoms with Gasteiger partial charge in [-0.15, -0.1) is 10.2 Å². The minimum atomic E-state index is -1.01. The number of hydrogen-bond acceptors (Lipinski definition) is 8. The number of halogens is 2. The van der Waals surface area contributed by atoms with E-state index in [4.69, 9.17) is 4.74 Å². The predicted octanol–water partition coefficient (Wildman–Crippen LogP) is 1.43. The van der Waals surface area contributed by atoms with E-state index in [1.165, 1.54) is 11.0 Å². The van der Waals surface area contributed by atoms with Gasteiger partial charge in [-0.2, -0.15) is 0 Å². The summed E-state index contributed by atoms with van der Waals surface area (Å²) in [6.07, 6.45) is -0.218. The summed E-state index contributed by atoms with van der Waals surface area (Å²) in [6.45, 7) is -0.109. The number of aromatic nitrogens is 3. The van der Waals surface area contributed by atoms with E-state index in [-0.39, 0.29) is 30.2 Å². The molecule has 2 aliphatic rings. The fraction of sp³-hybridized carbons (Fsp3) is 0.238. The highest BCUT2D eigenvalue weighted by atomic mass is 19.1. The van der Waals surface area contributed by atoms with Gasteiger partial charge in [0.15, 0.2) is 0 Å². The SMILES string of the molecule is CN1Nc2cc3c(cc2N1)N(C)C(=O)[C@@H](NC(=O)c1n[nH]c(Cc2c(F)cccc2F)n1)CO3. The molecule has 3 heterocycles. The highest BCUT2D eigenvalue weighted by molar-refractivity contribution is 6.03. The van der Waals surface area contributed by atoms with Gasteiger partial charge in [0.25, 0.3) is 11.8 Å². The van der Waals surface area contributed by atoms with E-state index in [2.05, 4.69) is 31.3 Å². The number of carbonyl (C=O) groups excluding carboxylic acids is 2. The molecule has 176 valence electrons. The van der Waals surface area contributed by atoms with Gasteiger partial charge < -0.3 is 15.0 Å². The zero-order valence-corrected chi connectivity index (χ0v) is 18.1. The molecule has 0 aliphatic carbocycles. The number of amides is 2. The Morgan fingerprint density at radius 1 is 1.21 bits per heavy atom. The van der Waals surface area contributed by atoms with E-state index in [9.17, 15) is 18.4 Å². The lowest BCUT2D eigenvalue weighted by atomic mass is 10.1. The average Bonchev–Trinajstić information content (AvgIpc) is 3.40. The quantitative estimate of drug-likeness (QED) is 0.451. The summed E-state index contributed by atoms with van der Waals surface area (Å²) in [6, 6.07) is 6.05. The molecule has 11 nitrogen and oxygen atoms in total. The number of carbonyl (C=O) groups is 2. The Kier molecular flexibility index (Phi) is 5.24. The van der Waals surface area contributed by atoms with Gasteiger partial charge in [-0.3, -0.25) is 25.5 Å². The second-order valence-corrected chi connectivity index (χ2v) is 7.87. The molecule has 2 aliphatic heterocycles. The van der Waals surface area contributed by atoms with Gasteiger partial charge in [0.2, 0.25) is 5.82 Å². The fourth-order valence-corrected chi connectivity index (χ4v) is 3.79. The first-order chi connectivity index (χ1) is 16.3. The molecule has 5 rings (SSSR count). The lowest BCUT2D eigenvalue weighted by molar-refractivity contribution is -0.120. The average molecular weight is 470 g/mol. The molecular weight excluding hydrogens is 450 g/mol. The molecule has 0 unspecified atom stereocenters. The van der Waals surface area contributed by atoms with Crippen molar-refractivity contribution < 1.29 is 23.1 Å². The molecule has 3 aromatic rings. The summed E-state index contributed by atoms with van der Waals surface area (Å²) in [5.41, 5.74) is 8.07. The molecule has 0 saturated carbocycles. The van der Waals surface area contributed by atoms with E-state index in [1.54, 1.807) is 31.3 Å². The van der Waals surface area contributed by atoms with Crippen molar-refractivity contribution in [3.05, 3.63) is 59.2 Å². The Morgan fingerprint density at radius 2 is 1.91 bits per heavy atom. The Morgan fingerprint density at radius 3 is 2.65 bits per heavy atom. The first kappa shape index (κ1) is 21.6. The van der Waals surface area contributed by atoms with E-state index >= 15 is 0 Å². The van der Waals surface area contributed by atoms with Crippen LogP contribution in [0.15, 0.2) is 30.3 Å². The van der Waals surface area contributed by atoms with Crippen LogP contribution in [0.3, 0.4) is 0 Å². The minimum Gasteiger partial charge on any atom is -0.489 e. The molecule has 0 saturated heterocycles. The van der Waals surface area contributed by atoms with Crippen LogP contribution in [0.4, 0.5) is 25.8 Å². The largest absolute Gasteiger partial charge is 0.489 e. The first-order valence-corrected chi connectivity index (χ1v) is 10.3. The van der Waals surface area contributed by atoms with Crippen LogP contribution in [0, 0.1) is 11.6 Å². The van der Waals surface area contributed by atoms with Gasteiger partial charge in [0, 0.05) is 32.1 Å².